The van der Waals surface area contributed by atoms with E-state index < -0.39 is 0 Å². The third-order valence-corrected chi connectivity index (χ3v) is 4.35. The predicted molar refractivity (Wildman–Crippen MR) is 73.6 cm³/mol. The molecule has 0 aliphatic carbocycles. The van der Waals surface area contributed by atoms with Crippen molar-refractivity contribution in [2.24, 2.45) is 0 Å². The SMILES string of the molecule is CCNC(Cc1nccs1)C(CC)(CC)OC. The molecule has 4 heteroatoms. The summed E-state index contributed by atoms with van der Waals surface area (Å²) in [5.74, 6) is 0. The molecule has 98 valence electrons. The Labute approximate surface area is 109 Å². The van der Waals surface area contributed by atoms with Crippen molar-refractivity contribution in [2.75, 3.05) is 13.7 Å². The lowest BCUT2D eigenvalue weighted by atomic mass is 9.86. The molecule has 17 heavy (non-hydrogen) atoms. The van der Waals surface area contributed by atoms with E-state index in [1.54, 1.807) is 11.3 Å². The van der Waals surface area contributed by atoms with Crippen molar-refractivity contribution in [3.05, 3.63) is 16.6 Å². The second-order valence-electron chi connectivity index (χ2n) is 4.22. The zero-order chi connectivity index (χ0) is 12.7. The van der Waals surface area contributed by atoms with E-state index in [0.717, 1.165) is 25.8 Å². The summed E-state index contributed by atoms with van der Waals surface area (Å²) in [4.78, 5) is 4.38. The number of likely N-dealkylation sites (N-methyl/N-ethyl adjacent to an activating group) is 1. The molecule has 1 heterocycles. The molecule has 0 amide bonds. The number of hydrogen-bond acceptors (Lipinski definition) is 4. The lowest BCUT2D eigenvalue weighted by Crippen LogP contribution is -2.52. The molecule has 1 aromatic heterocycles. The molecule has 3 nitrogen and oxygen atoms in total. The predicted octanol–water partition coefficient (Wildman–Crippen LogP) is 2.87. The van der Waals surface area contributed by atoms with Crippen LogP contribution in [0.1, 0.15) is 38.6 Å². The van der Waals surface area contributed by atoms with Gasteiger partial charge in [0.1, 0.15) is 0 Å². The van der Waals surface area contributed by atoms with Gasteiger partial charge >= 0.3 is 0 Å². The second-order valence-corrected chi connectivity index (χ2v) is 5.20. The molecule has 0 saturated heterocycles. The van der Waals surface area contributed by atoms with Crippen molar-refractivity contribution in [3.63, 3.8) is 0 Å². The Morgan fingerprint density at radius 1 is 1.41 bits per heavy atom. The first-order valence-corrected chi connectivity index (χ1v) is 7.27. The highest BCUT2D eigenvalue weighted by molar-refractivity contribution is 7.09. The van der Waals surface area contributed by atoms with Crippen LogP contribution in [0.15, 0.2) is 11.6 Å². The molecular formula is C13H24N2OS. The maximum absolute atomic E-state index is 5.81. The van der Waals surface area contributed by atoms with Gasteiger partial charge in [-0.05, 0) is 19.4 Å². The fraction of sp³-hybridized carbons (Fsp3) is 0.769. The highest BCUT2D eigenvalue weighted by atomic mass is 32.1. The van der Waals surface area contributed by atoms with Crippen LogP contribution in [-0.2, 0) is 11.2 Å². The van der Waals surface area contributed by atoms with E-state index in [2.05, 4.69) is 31.1 Å². The highest BCUT2D eigenvalue weighted by Crippen LogP contribution is 2.27. The number of hydrogen-bond donors (Lipinski definition) is 1. The van der Waals surface area contributed by atoms with Crippen molar-refractivity contribution in [2.45, 2.75) is 51.7 Å². The first-order chi connectivity index (χ1) is 8.22. The van der Waals surface area contributed by atoms with Crippen LogP contribution < -0.4 is 5.32 Å². The lowest BCUT2D eigenvalue weighted by Gasteiger charge is -2.38. The topological polar surface area (TPSA) is 34.2 Å². The smallest absolute Gasteiger partial charge is 0.0941 e. The van der Waals surface area contributed by atoms with Crippen LogP contribution in [0.3, 0.4) is 0 Å². The summed E-state index contributed by atoms with van der Waals surface area (Å²) >= 11 is 1.72. The van der Waals surface area contributed by atoms with Crippen LogP contribution in [0.5, 0.6) is 0 Å². The van der Waals surface area contributed by atoms with E-state index in [1.807, 2.05) is 18.7 Å². The van der Waals surface area contributed by atoms with Gasteiger partial charge in [-0.2, -0.15) is 0 Å². The number of rotatable bonds is 8. The van der Waals surface area contributed by atoms with E-state index in [0.29, 0.717) is 6.04 Å². The number of nitrogens with zero attached hydrogens (tertiary/aromatic N) is 1. The summed E-state index contributed by atoms with van der Waals surface area (Å²) in [6, 6.07) is 0.332. The molecule has 0 fully saturated rings. The van der Waals surface area contributed by atoms with E-state index >= 15 is 0 Å². The molecule has 0 aromatic carbocycles. The van der Waals surface area contributed by atoms with Gasteiger partial charge in [-0.25, -0.2) is 4.98 Å². The van der Waals surface area contributed by atoms with Crippen LogP contribution in [0.25, 0.3) is 0 Å². The third kappa shape index (κ3) is 3.50. The van der Waals surface area contributed by atoms with Crippen molar-refractivity contribution in [1.29, 1.82) is 0 Å². The Hall–Kier alpha value is -0.450. The molecule has 0 bridgehead atoms. The van der Waals surface area contributed by atoms with Gasteiger partial charge in [0.15, 0.2) is 0 Å². The molecule has 1 rings (SSSR count). The molecule has 1 N–H and O–H groups in total. The van der Waals surface area contributed by atoms with Crippen LogP contribution in [0.4, 0.5) is 0 Å². The van der Waals surface area contributed by atoms with E-state index in [9.17, 15) is 0 Å². The van der Waals surface area contributed by atoms with Gasteiger partial charge in [-0.15, -0.1) is 11.3 Å². The molecule has 1 aromatic rings. The fourth-order valence-corrected chi connectivity index (χ4v) is 3.06. The Bertz CT molecular complexity index is 288. The summed E-state index contributed by atoms with van der Waals surface area (Å²) in [7, 11) is 1.82. The van der Waals surface area contributed by atoms with E-state index in [-0.39, 0.29) is 5.60 Å². The first kappa shape index (κ1) is 14.6. The van der Waals surface area contributed by atoms with Gasteiger partial charge in [0, 0.05) is 31.1 Å². The first-order valence-electron chi connectivity index (χ1n) is 6.39. The average molecular weight is 256 g/mol. The molecule has 0 saturated carbocycles. The van der Waals surface area contributed by atoms with Crippen molar-refractivity contribution in [3.8, 4) is 0 Å². The zero-order valence-electron chi connectivity index (χ0n) is 11.3. The van der Waals surface area contributed by atoms with Gasteiger partial charge in [0.05, 0.1) is 10.6 Å². The highest BCUT2D eigenvalue weighted by Gasteiger charge is 2.35. The summed E-state index contributed by atoms with van der Waals surface area (Å²) in [5.41, 5.74) is -0.0817. The van der Waals surface area contributed by atoms with Crippen molar-refractivity contribution >= 4 is 11.3 Å². The Kier molecular flexibility index (Phi) is 6.09. The minimum absolute atomic E-state index is 0.0817. The normalized spacial score (nSPS) is 13.9. The molecule has 1 unspecified atom stereocenters. The average Bonchev–Trinajstić information content (AvgIpc) is 2.85. The van der Waals surface area contributed by atoms with E-state index in [4.69, 9.17) is 4.74 Å². The van der Waals surface area contributed by atoms with Crippen molar-refractivity contribution < 1.29 is 4.74 Å². The number of methoxy groups -OCH3 is 1. The van der Waals surface area contributed by atoms with Crippen LogP contribution in [-0.4, -0.2) is 30.3 Å². The Morgan fingerprint density at radius 3 is 2.53 bits per heavy atom. The largest absolute Gasteiger partial charge is 0.377 e. The van der Waals surface area contributed by atoms with E-state index in [1.165, 1.54) is 5.01 Å². The quantitative estimate of drug-likeness (QED) is 0.776. The number of nitrogens with one attached hydrogen (secondary N) is 1. The Balaban J connectivity index is 2.82. The van der Waals surface area contributed by atoms with Gasteiger partial charge in [0.2, 0.25) is 0 Å². The van der Waals surface area contributed by atoms with Gasteiger partial charge in [0.25, 0.3) is 0 Å². The van der Waals surface area contributed by atoms with Crippen LogP contribution >= 0.6 is 11.3 Å². The van der Waals surface area contributed by atoms with Gasteiger partial charge in [-0.3, -0.25) is 0 Å². The number of ether oxygens (including phenoxy) is 1. The van der Waals surface area contributed by atoms with Crippen LogP contribution in [0, 0.1) is 0 Å². The Morgan fingerprint density at radius 2 is 2.12 bits per heavy atom. The molecule has 1 atom stereocenters. The van der Waals surface area contributed by atoms with Crippen LogP contribution in [0.2, 0.25) is 0 Å². The lowest BCUT2D eigenvalue weighted by molar-refractivity contribution is -0.0468. The molecule has 0 spiro atoms. The number of aromatic nitrogens is 1. The fourth-order valence-electron chi connectivity index (χ4n) is 2.39. The summed E-state index contributed by atoms with van der Waals surface area (Å²) in [5, 5.41) is 6.77. The zero-order valence-corrected chi connectivity index (χ0v) is 12.1. The summed E-state index contributed by atoms with van der Waals surface area (Å²) < 4.78 is 5.81. The minimum Gasteiger partial charge on any atom is -0.377 e. The molecule has 0 aliphatic heterocycles. The van der Waals surface area contributed by atoms with Gasteiger partial charge < -0.3 is 10.1 Å². The van der Waals surface area contributed by atoms with Crippen molar-refractivity contribution in [1.82, 2.24) is 10.3 Å². The summed E-state index contributed by atoms with van der Waals surface area (Å²) in [6.07, 6.45) is 4.85. The maximum atomic E-state index is 5.81. The summed E-state index contributed by atoms with van der Waals surface area (Å²) in [6.45, 7) is 7.49. The molecular weight excluding hydrogens is 232 g/mol. The third-order valence-electron chi connectivity index (χ3n) is 3.55. The number of thiazole rings is 1. The second kappa shape index (κ2) is 7.09. The van der Waals surface area contributed by atoms with Gasteiger partial charge in [-0.1, -0.05) is 20.8 Å². The molecule has 0 radical (unpaired) electrons. The minimum atomic E-state index is -0.0817. The molecule has 0 aliphatic rings. The maximum Gasteiger partial charge on any atom is 0.0941 e. The monoisotopic (exact) mass is 256 g/mol. The standard InChI is InChI=1S/C13H24N2OS/c1-5-13(6-2,16-4)11(14-7-3)10-12-15-8-9-17-12/h8-9,11,14H,5-7,10H2,1-4H3.